The van der Waals surface area contributed by atoms with Gasteiger partial charge in [0.25, 0.3) is 0 Å². The molecule has 1 aromatic carbocycles. The zero-order chi connectivity index (χ0) is 20.1. The van der Waals surface area contributed by atoms with Crippen LogP contribution >= 0.6 is 0 Å². The molecule has 0 unspecified atom stereocenters. The summed E-state index contributed by atoms with van der Waals surface area (Å²) in [5, 5.41) is 2.95. The number of hydrogen-bond donors (Lipinski definition) is 1. The molecule has 2 aliphatic heterocycles. The van der Waals surface area contributed by atoms with E-state index in [4.69, 9.17) is 4.74 Å². The van der Waals surface area contributed by atoms with Gasteiger partial charge in [0.05, 0.1) is 18.1 Å². The number of amides is 2. The van der Waals surface area contributed by atoms with E-state index in [0.29, 0.717) is 19.6 Å². The van der Waals surface area contributed by atoms with Crippen LogP contribution < -0.4 is 10.2 Å². The van der Waals surface area contributed by atoms with E-state index in [2.05, 4.69) is 23.2 Å². The van der Waals surface area contributed by atoms with E-state index in [0.717, 1.165) is 30.4 Å². The summed E-state index contributed by atoms with van der Waals surface area (Å²) in [6.45, 7) is 5.07. The summed E-state index contributed by atoms with van der Waals surface area (Å²) in [6, 6.07) is 7.30. The third-order valence-corrected chi connectivity index (χ3v) is 7.44. The van der Waals surface area contributed by atoms with Crippen LogP contribution in [0.1, 0.15) is 26.2 Å². The predicted octanol–water partition coefficient (Wildman–Crippen LogP) is 2.59. The number of methoxy groups -OCH3 is 1. The third-order valence-electron chi connectivity index (χ3n) is 5.69. The highest BCUT2D eigenvalue weighted by Crippen LogP contribution is 2.26. The predicted molar refractivity (Wildman–Crippen MR) is 112 cm³/mol. The minimum Gasteiger partial charge on any atom is -0.383 e. The summed E-state index contributed by atoms with van der Waals surface area (Å²) in [5.41, 5.74) is 1.83. The van der Waals surface area contributed by atoms with E-state index in [1.165, 1.54) is 12.8 Å². The Morgan fingerprint density at radius 2 is 2.04 bits per heavy atom. The summed E-state index contributed by atoms with van der Waals surface area (Å²) in [7, 11) is -1.49. The molecule has 1 N–H and O–H groups in total. The van der Waals surface area contributed by atoms with Crippen molar-refractivity contribution in [3.8, 4) is 0 Å². The first-order valence-electron chi connectivity index (χ1n) is 10.00. The molecule has 2 aliphatic rings. The highest BCUT2D eigenvalue weighted by atomic mass is 32.2. The van der Waals surface area contributed by atoms with Gasteiger partial charge in [-0.1, -0.05) is 13.0 Å². The first kappa shape index (κ1) is 20.9. The molecule has 1 aromatic rings. The molecule has 28 heavy (non-hydrogen) atoms. The van der Waals surface area contributed by atoms with Crippen LogP contribution in [0, 0.1) is 5.92 Å². The zero-order valence-electron chi connectivity index (χ0n) is 16.8. The Balaban J connectivity index is 1.68. The second-order valence-corrected chi connectivity index (χ2v) is 10.1. The highest BCUT2D eigenvalue weighted by molar-refractivity contribution is 7.91. The number of nitrogens with one attached hydrogen (secondary N) is 1. The lowest BCUT2D eigenvalue weighted by atomic mass is 9.99. The molecule has 7 nitrogen and oxygen atoms in total. The fourth-order valence-electron chi connectivity index (χ4n) is 3.90. The number of nitrogens with zero attached hydrogens (tertiary/aromatic N) is 2. The van der Waals surface area contributed by atoms with Crippen molar-refractivity contribution in [2.24, 2.45) is 5.92 Å². The second-order valence-electron chi connectivity index (χ2n) is 7.89. The lowest BCUT2D eigenvalue weighted by Crippen LogP contribution is -2.45. The van der Waals surface area contributed by atoms with Gasteiger partial charge in [0.2, 0.25) is 0 Å². The lowest BCUT2D eigenvalue weighted by Gasteiger charge is -2.32. The van der Waals surface area contributed by atoms with Crippen LogP contribution in [0.25, 0.3) is 0 Å². The van der Waals surface area contributed by atoms with E-state index in [1.807, 2.05) is 18.2 Å². The van der Waals surface area contributed by atoms with Gasteiger partial charge in [-0.25, -0.2) is 13.2 Å². The lowest BCUT2D eigenvalue weighted by molar-refractivity contribution is 0.140. The van der Waals surface area contributed by atoms with E-state index in [1.54, 1.807) is 12.0 Å². The number of carbonyl (C=O) groups excluding carboxylic acids is 1. The topological polar surface area (TPSA) is 79.0 Å². The number of anilines is 2. The first-order valence-corrected chi connectivity index (χ1v) is 11.8. The van der Waals surface area contributed by atoms with Gasteiger partial charge in [-0.2, -0.15) is 0 Å². The van der Waals surface area contributed by atoms with Crippen molar-refractivity contribution in [1.29, 1.82) is 0 Å². The molecule has 0 saturated carbocycles. The van der Waals surface area contributed by atoms with E-state index in [-0.39, 0.29) is 23.6 Å². The number of carbonyl (C=O) groups is 1. The van der Waals surface area contributed by atoms with Crippen LogP contribution in [0.4, 0.5) is 16.2 Å². The Kier molecular flexibility index (Phi) is 6.82. The van der Waals surface area contributed by atoms with Gasteiger partial charge in [0, 0.05) is 44.2 Å². The maximum Gasteiger partial charge on any atom is 0.322 e. The molecule has 2 amide bonds. The van der Waals surface area contributed by atoms with Crippen molar-refractivity contribution in [2.45, 2.75) is 32.2 Å². The van der Waals surface area contributed by atoms with Crippen LogP contribution in [0.2, 0.25) is 0 Å². The monoisotopic (exact) mass is 409 g/mol. The summed E-state index contributed by atoms with van der Waals surface area (Å²) in [4.78, 5) is 16.8. The summed E-state index contributed by atoms with van der Waals surface area (Å²) in [6.07, 6.45) is 2.83. The van der Waals surface area contributed by atoms with Crippen LogP contribution in [-0.2, 0) is 14.6 Å². The average molecular weight is 410 g/mol. The normalized spacial score (nSPS) is 22.2. The molecule has 8 heteroatoms. The van der Waals surface area contributed by atoms with Gasteiger partial charge < -0.3 is 19.9 Å². The smallest absolute Gasteiger partial charge is 0.322 e. The van der Waals surface area contributed by atoms with Gasteiger partial charge in [0.15, 0.2) is 9.84 Å². The Morgan fingerprint density at radius 1 is 1.29 bits per heavy atom. The molecule has 2 saturated heterocycles. The van der Waals surface area contributed by atoms with Gasteiger partial charge in [-0.15, -0.1) is 0 Å². The fraction of sp³-hybridized carbons (Fsp3) is 0.650. The summed E-state index contributed by atoms with van der Waals surface area (Å²) in [5.74, 6) is 0.920. The number of piperidine rings is 1. The van der Waals surface area contributed by atoms with Crippen molar-refractivity contribution in [2.75, 3.05) is 55.1 Å². The number of sulfone groups is 1. The Bertz CT molecular complexity index is 775. The molecule has 0 radical (unpaired) electrons. The maximum absolute atomic E-state index is 12.9. The molecule has 0 spiro atoms. The third kappa shape index (κ3) is 5.38. The van der Waals surface area contributed by atoms with Crippen molar-refractivity contribution >= 4 is 27.2 Å². The Morgan fingerprint density at radius 3 is 2.68 bits per heavy atom. The van der Waals surface area contributed by atoms with Crippen molar-refractivity contribution in [3.05, 3.63) is 24.3 Å². The Hall–Kier alpha value is -1.80. The minimum absolute atomic E-state index is 0.0239. The van der Waals surface area contributed by atoms with Crippen LogP contribution in [0.5, 0.6) is 0 Å². The van der Waals surface area contributed by atoms with Crippen molar-refractivity contribution in [1.82, 2.24) is 4.90 Å². The number of ether oxygens (including phenoxy) is 1. The van der Waals surface area contributed by atoms with Gasteiger partial charge in [-0.05, 0) is 43.4 Å². The second kappa shape index (κ2) is 9.13. The minimum atomic E-state index is -3.07. The summed E-state index contributed by atoms with van der Waals surface area (Å²) >= 11 is 0. The molecule has 2 heterocycles. The van der Waals surface area contributed by atoms with Gasteiger partial charge >= 0.3 is 6.03 Å². The largest absolute Gasteiger partial charge is 0.383 e. The van der Waals surface area contributed by atoms with E-state index >= 15 is 0 Å². The molecule has 0 aliphatic carbocycles. The quantitative estimate of drug-likeness (QED) is 0.781. The average Bonchev–Trinajstić information content (AvgIpc) is 3.02. The first-order chi connectivity index (χ1) is 13.4. The molecule has 3 rings (SSSR count). The number of rotatable bonds is 6. The molecule has 2 fully saturated rings. The highest BCUT2D eigenvalue weighted by Gasteiger charge is 2.34. The molecular formula is C20H31N3O4S. The SMILES string of the molecule is COCCN(C(=O)Nc1cccc(N2CCC(C)CC2)c1)[C@H]1CCS(=O)(=O)C1. The molecule has 156 valence electrons. The van der Waals surface area contributed by atoms with Crippen LogP contribution in [-0.4, -0.2) is 70.2 Å². The Labute approximate surface area is 167 Å². The summed E-state index contributed by atoms with van der Waals surface area (Å²) < 4.78 is 28.8. The van der Waals surface area contributed by atoms with Crippen LogP contribution in [0.3, 0.4) is 0 Å². The van der Waals surface area contributed by atoms with Gasteiger partial charge in [-0.3, -0.25) is 0 Å². The molecule has 1 atom stereocenters. The van der Waals surface area contributed by atoms with Crippen molar-refractivity contribution < 1.29 is 17.9 Å². The number of urea groups is 1. The number of benzene rings is 1. The van der Waals surface area contributed by atoms with E-state index < -0.39 is 9.84 Å². The maximum atomic E-state index is 12.9. The molecule has 0 aromatic heterocycles. The van der Waals surface area contributed by atoms with Crippen LogP contribution in [0.15, 0.2) is 24.3 Å². The van der Waals surface area contributed by atoms with Crippen molar-refractivity contribution in [3.63, 3.8) is 0 Å². The standard InChI is InChI=1S/C20H31N3O4S/c1-16-6-9-22(10-7-16)18-5-3-4-17(14-18)21-20(24)23(11-12-27-2)19-8-13-28(25,26)15-19/h3-5,14,16,19H,6-13,15H2,1-2H3,(H,21,24)/t19-/m0/s1. The fourth-order valence-corrected chi connectivity index (χ4v) is 5.63. The number of hydrogen-bond acceptors (Lipinski definition) is 5. The molecular weight excluding hydrogens is 378 g/mol. The van der Waals surface area contributed by atoms with E-state index in [9.17, 15) is 13.2 Å². The zero-order valence-corrected chi connectivity index (χ0v) is 17.6. The van der Waals surface area contributed by atoms with Gasteiger partial charge in [0.1, 0.15) is 0 Å². The molecule has 0 bridgehead atoms.